The predicted molar refractivity (Wildman–Crippen MR) is 156 cm³/mol. The molecule has 0 spiro atoms. The summed E-state index contributed by atoms with van der Waals surface area (Å²) in [6, 6.07) is 9.29. The number of hydrogen-bond donors (Lipinski definition) is 3. The minimum atomic E-state index is -1.04. The normalized spacial score (nSPS) is 19.1. The molecule has 0 bridgehead atoms. The van der Waals surface area contributed by atoms with E-state index in [9.17, 15) is 9.59 Å². The van der Waals surface area contributed by atoms with E-state index < -0.39 is 12.0 Å². The van der Waals surface area contributed by atoms with Gasteiger partial charge in [-0.05, 0) is 44.6 Å². The Morgan fingerprint density at radius 2 is 1.92 bits per heavy atom. The van der Waals surface area contributed by atoms with Gasteiger partial charge in [0.05, 0.1) is 5.69 Å². The minimum Gasteiger partial charge on any atom is -0.480 e. The molecule has 0 saturated carbocycles. The van der Waals surface area contributed by atoms with Gasteiger partial charge in [0.25, 0.3) is 0 Å². The summed E-state index contributed by atoms with van der Waals surface area (Å²) in [5.41, 5.74) is 3.83. The highest BCUT2D eigenvalue weighted by Gasteiger charge is 2.25. The van der Waals surface area contributed by atoms with Gasteiger partial charge >= 0.3 is 5.97 Å². The molecule has 1 aromatic heterocycles. The van der Waals surface area contributed by atoms with Crippen molar-refractivity contribution in [3.63, 3.8) is 0 Å². The number of aromatic nitrogens is 1. The summed E-state index contributed by atoms with van der Waals surface area (Å²) >= 11 is 1.64. The number of aliphatic hydroxyl groups excluding tert-OH is 1. The van der Waals surface area contributed by atoms with Crippen molar-refractivity contribution >= 4 is 28.3 Å². The fourth-order valence-electron chi connectivity index (χ4n) is 4.39. The number of nitrogens with zero attached hydrogens (tertiary/aromatic N) is 2. The Kier molecular flexibility index (Phi) is 12.8. The first-order valence-electron chi connectivity index (χ1n) is 12.9. The number of hydrogen-bond acceptors (Lipinski definition) is 6. The summed E-state index contributed by atoms with van der Waals surface area (Å²) in [5, 5.41) is 21.8. The average Bonchev–Trinajstić information content (AvgIpc) is 3.14. The smallest absolute Gasteiger partial charge is 0.325 e. The number of aliphatic carboxylic acids is 1. The number of amides is 1. The number of carboxylic acids is 1. The molecule has 0 radical (unpaired) electrons. The molecule has 0 fully saturated rings. The molecule has 1 aromatic carbocycles. The maximum absolute atomic E-state index is 12.7. The largest absolute Gasteiger partial charge is 0.480 e. The maximum Gasteiger partial charge on any atom is 0.325 e. The van der Waals surface area contributed by atoms with Crippen LogP contribution in [0.25, 0.3) is 11.3 Å². The van der Waals surface area contributed by atoms with Crippen molar-refractivity contribution in [2.75, 3.05) is 18.6 Å². The number of allylic oxidation sites excluding steroid dienone is 5. The summed E-state index contributed by atoms with van der Waals surface area (Å²) in [6.45, 7) is 4.32. The Balaban J connectivity index is 0.00000174. The molecule has 3 atom stereocenters. The van der Waals surface area contributed by atoms with Gasteiger partial charge in [-0.25, -0.2) is 4.98 Å². The summed E-state index contributed by atoms with van der Waals surface area (Å²) in [6.07, 6.45) is 16.6. The number of carbonyl (C=O) groups is 2. The van der Waals surface area contributed by atoms with Crippen LogP contribution in [-0.4, -0.2) is 46.8 Å². The second kappa shape index (κ2) is 15.8. The molecule has 0 aliphatic heterocycles. The molecule has 2 aromatic rings. The van der Waals surface area contributed by atoms with Crippen LogP contribution in [0.15, 0.2) is 83.4 Å². The summed E-state index contributed by atoms with van der Waals surface area (Å²) < 4.78 is 0. The quantitative estimate of drug-likeness (QED) is 0.360. The Morgan fingerprint density at radius 3 is 2.64 bits per heavy atom. The van der Waals surface area contributed by atoms with E-state index in [2.05, 4.69) is 59.0 Å². The predicted octanol–water partition coefficient (Wildman–Crippen LogP) is 5.73. The number of benzene rings is 1. The van der Waals surface area contributed by atoms with E-state index in [0.29, 0.717) is 12.0 Å². The highest BCUT2D eigenvalue weighted by Crippen LogP contribution is 2.33. The third-order valence-corrected chi connectivity index (χ3v) is 7.45. The van der Waals surface area contributed by atoms with Crippen LogP contribution < -0.4 is 10.2 Å². The Morgan fingerprint density at radius 1 is 1.18 bits per heavy atom. The van der Waals surface area contributed by atoms with E-state index in [1.54, 1.807) is 11.3 Å². The number of anilines is 1. The number of nitrogens with one attached hydrogen (secondary N) is 1. The zero-order valence-corrected chi connectivity index (χ0v) is 23.4. The van der Waals surface area contributed by atoms with Gasteiger partial charge in [-0.3, -0.25) is 14.3 Å². The summed E-state index contributed by atoms with van der Waals surface area (Å²) in [7, 11) is 1.00. The Bertz CT molecular complexity index is 1210. The van der Waals surface area contributed by atoms with Crippen molar-refractivity contribution in [1.82, 2.24) is 10.3 Å². The average molecular weight is 556 g/mol. The molecule has 1 amide bonds. The fourth-order valence-corrected chi connectivity index (χ4v) is 5.26. The van der Waals surface area contributed by atoms with Gasteiger partial charge in [0, 0.05) is 41.8 Å². The second-order valence-corrected chi connectivity index (χ2v) is 10.2. The molecule has 3 unspecified atom stereocenters. The lowest BCUT2D eigenvalue weighted by Crippen LogP contribution is -2.39. The molecule has 1 heterocycles. The second-order valence-electron chi connectivity index (χ2n) is 9.33. The third-order valence-electron chi connectivity index (χ3n) is 6.58. The Hall–Kier alpha value is -3.56. The van der Waals surface area contributed by atoms with Crippen molar-refractivity contribution in [1.29, 1.82) is 0 Å². The summed E-state index contributed by atoms with van der Waals surface area (Å²) in [5.74, 6) is -1.11. The molecule has 7 nitrogen and oxygen atoms in total. The zero-order chi connectivity index (χ0) is 27.5. The van der Waals surface area contributed by atoms with Crippen LogP contribution >= 0.6 is 11.3 Å². The standard InChI is InChI=1S/C29H33N3O3S.CH4O.FH/c1-20-17-23(27(33)30-21(2)28(34)35)13-10-14-24(20)18-32(25-15-8-3-4-9-16-25)29-31-26(19-36-29)22-11-6-5-7-12-22;1-2;/h5-8,10-12,14-17,19-21,24H,3-4,9,13,18H2,1-2H3,(H,30,33)(H,34,35);2H,1H3;1H. The van der Waals surface area contributed by atoms with Crippen LogP contribution in [0.1, 0.15) is 39.5 Å². The summed E-state index contributed by atoms with van der Waals surface area (Å²) in [4.78, 5) is 31.1. The molecular formula is C30H38FN3O4S. The molecule has 2 aliphatic carbocycles. The Labute approximate surface area is 233 Å². The fraction of sp³-hybridized carbons (Fsp3) is 0.367. The molecule has 39 heavy (non-hydrogen) atoms. The van der Waals surface area contributed by atoms with Crippen LogP contribution in [0.4, 0.5) is 9.84 Å². The molecular weight excluding hydrogens is 517 g/mol. The van der Waals surface area contributed by atoms with E-state index in [1.165, 1.54) is 6.92 Å². The first-order chi connectivity index (χ1) is 18.4. The highest BCUT2D eigenvalue weighted by molar-refractivity contribution is 7.14. The van der Waals surface area contributed by atoms with Gasteiger partial charge in [-0.2, -0.15) is 0 Å². The SMILES string of the molecule is CC(NC(=O)C1=CC(C)C(CN(C2=CCCCC=C2)c2nc(-c3ccccc3)cs2)C=CC1)C(=O)O.CO.F. The molecule has 2 aliphatic rings. The van der Waals surface area contributed by atoms with Crippen molar-refractivity contribution in [2.24, 2.45) is 11.8 Å². The lowest BCUT2D eigenvalue weighted by molar-refractivity contribution is -0.140. The monoisotopic (exact) mass is 555 g/mol. The number of rotatable bonds is 8. The van der Waals surface area contributed by atoms with Crippen molar-refractivity contribution in [3.05, 3.63) is 83.4 Å². The van der Waals surface area contributed by atoms with Crippen LogP contribution in [0, 0.1) is 11.8 Å². The maximum atomic E-state index is 12.7. The minimum absolute atomic E-state index is 0. The van der Waals surface area contributed by atoms with Gasteiger partial charge in [0.1, 0.15) is 6.04 Å². The molecule has 9 heteroatoms. The van der Waals surface area contributed by atoms with Gasteiger partial charge in [0.2, 0.25) is 5.91 Å². The van der Waals surface area contributed by atoms with E-state index in [0.717, 1.165) is 55.0 Å². The van der Waals surface area contributed by atoms with Gasteiger partial charge < -0.3 is 20.4 Å². The van der Waals surface area contributed by atoms with E-state index >= 15 is 0 Å². The number of carbonyl (C=O) groups excluding carboxylic acids is 1. The highest BCUT2D eigenvalue weighted by atomic mass is 32.1. The first kappa shape index (κ1) is 31.7. The first-order valence-corrected chi connectivity index (χ1v) is 13.8. The lowest BCUT2D eigenvalue weighted by Gasteiger charge is -2.29. The van der Waals surface area contributed by atoms with E-state index in [1.807, 2.05) is 30.4 Å². The van der Waals surface area contributed by atoms with Crippen LogP contribution in [0.3, 0.4) is 0 Å². The topological polar surface area (TPSA) is 103 Å². The van der Waals surface area contributed by atoms with Crippen molar-refractivity contribution in [3.8, 4) is 11.3 Å². The van der Waals surface area contributed by atoms with E-state index in [-0.39, 0.29) is 22.4 Å². The third kappa shape index (κ3) is 8.73. The van der Waals surface area contributed by atoms with Gasteiger partial charge in [0.15, 0.2) is 5.13 Å². The van der Waals surface area contributed by atoms with E-state index in [4.69, 9.17) is 15.2 Å². The number of aliphatic hydroxyl groups is 1. The number of halogens is 1. The number of thiazole rings is 1. The lowest BCUT2D eigenvalue weighted by atomic mass is 9.92. The molecule has 3 N–H and O–H groups in total. The molecule has 4 rings (SSSR count). The van der Waals surface area contributed by atoms with Crippen molar-refractivity contribution in [2.45, 2.75) is 45.6 Å². The van der Waals surface area contributed by atoms with Gasteiger partial charge in [-0.1, -0.05) is 67.6 Å². The zero-order valence-electron chi connectivity index (χ0n) is 22.6. The molecule has 210 valence electrons. The van der Waals surface area contributed by atoms with Crippen LogP contribution in [0.2, 0.25) is 0 Å². The van der Waals surface area contributed by atoms with Crippen molar-refractivity contribution < 1.29 is 24.5 Å². The van der Waals surface area contributed by atoms with Crippen LogP contribution in [-0.2, 0) is 9.59 Å². The molecule has 0 saturated heterocycles. The van der Waals surface area contributed by atoms with Gasteiger partial charge in [-0.15, -0.1) is 11.3 Å². The van der Waals surface area contributed by atoms with Crippen LogP contribution in [0.5, 0.6) is 0 Å². The number of carboxylic acid groups (broad SMARTS) is 1.